The number of hydrazone groups is 1. The molecule has 0 aliphatic rings. The van der Waals surface area contributed by atoms with Crippen molar-refractivity contribution < 1.29 is 9.53 Å². The number of ether oxygens (including phenoxy) is 1. The summed E-state index contributed by atoms with van der Waals surface area (Å²) in [5.41, 5.74) is 11.2. The summed E-state index contributed by atoms with van der Waals surface area (Å²) in [5.74, 6) is -0.179. The summed E-state index contributed by atoms with van der Waals surface area (Å²) in [6, 6.07) is 12.3. The molecule has 0 saturated carbocycles. The number of aromatic nitrogens is 2. The second-order valence-corrected chi connectivity index (χ2v) is 9.07. The van der Waals surface area contributed by atoms with Crippen molar-refractivity contribution in [2.45, 2.75) is 46.3 Å². The predicted octanol–water partition coefficient (Wildman–Crippen LogP) is 4.67. The van der Waals surface area contributed by atoms with Crippen LogP contribution in [0.3, 0.4) is 0 Å². The van der Waals surface area contributed by atoms with E-state index in [1.807, 2.05) is 19.9 Å². The third kappa shape index (κ3) is 5.56. The van der Waals surface area contributed by atoms with Gasteiger partial charge in [0.1, 0.15) is 11.1 Å². The third-order valence-electron chi connectivity index (χ3n) is 5.63. The van der Waals surface area contributed by atoms with Crippen molar-refractivity contribution in [3.8, 4) is 11.8 Å². The molecule has 0 bridgehead atoms. The van der Waals surface area contributed by atoms with Crippen LogP contribution in [0.25, 0.3) is 5.69 Å². The van der Waals surface area contributed by atoms with Gasteiger partial charge in [0.15, 0.2) is 0 Å². The summed E-state index contributed by atoms with van der Waals surface area (Å²) in [4.78, 5) is 16.8. The number of carbonyl (C=O) groups excluding carboxylic acids is 1. The molecule has 0 aliphatic heterocycles. The highest BCUT2D eigenvalue weighted by Crippen LogP contribution is 2.25. The maximum Gasteiger partial charge on any atom is 0.250 e. The number of nitrogens with one attached hydrogen (secondary N) is 1. The molecule has 0 unspecified atom stereocenters. The molecule has 0 aliphatic carbocycles. The van der Waals surface area contributed by atoms with Crippen LogP contribution >= 0.6 is 11.8 Å². The maximum atomic E-state index is 12.4. The highest BCUT2D eigenvalue weighted by Gasteiger charge is 2.14. The summed E-state index contributed by atoms with van der Waals surface area (Å²) in [7, 11) is 1.58. The molecule has 1 aromatic carbocycles. The Morgan fingerprint density at radius 1 is 1.26 bits per heavy atom. The number of rotatable bonds is 8. The Bertz CT molecular complexity index is 1290. The lowest BCUT2D eigenvalue weighted by Crippen LogP contribution is -2.20. The largest absolute Gasteiger partial charge is 0.380 e. The van der Waals surface area contributed by atoms with E-state index in [0.717, 1.165) is 33.9 Å². The zero-order valence-corrected chi connectivity index (χ0v) is 21.2. The minimum absolute atomic E-state index is 0.0937. The van der Waals surface area contributed by atoms with Crippen LogP contribution in [-0.4, -0.2) is 34.5 Å². The van der Waals surface area contributed by atoms with Gasteiger partial charge in [0.05, 0.1) is 24.1 Å². The van der Waals surface area contributed by atoms with E-state index in [4.69, 9.17) is 4.74 Å². The lowest BCUT2D eigenvalue weighted by molar-refractivity contribution is -0.118. The fourth-order valence-electron chi connectivity index (χ4n) is 3.81. The number of carbonyl (C=O) groups is 1. The van der Waals surface area contributed by atoms with E-state index < -0.39 is 0 Å². The van der Waals surface area contributed by atoms with Crippen LogP contribution in [0.5, 0.6) is 0 Å². The number of hydrogen-bond donors (Lipinski definition) is 1. The number of pyridine rings is 1. The van der Waals surface area contributed by atoms with Gasteiger partial charge in [-0.25, -0.2) is 10.4 Å². The minimum atomic E-state index is -0.273. The number of methoxy groups -OCH3 is 1. The van der Waals surface area contributed by atoms with Crippen LogP contribution in [-0.2, 0) is 16.1 Å². The number of aryl methyl sites for hydroxylation is 3. The fraction of sp³-hybridized carbons (Fsp3) is 0.308. The standard InChI is InChI=1S/C26H29N5O2S/c1-16-8-7-9-24(19(16)4)31-18(3)11-21(20(31)5)13-28-30-25(32)15-34-26-23(12-27)22(14-33-6)10-17(2)29-26/h7-11,13H,14-15H2,1-6H3,(H,30,32)/b28-13-. The van der Waals surface area contributed by atoms with E-state index in [1.165, 1.54) is 22.9 Å². The molecule has 0 atom stereocenters. The van der Waals surface area contributed by atoms with Crippen LogP contribution in [0.2, 0.25) is 0 Å². The first-order chi connectivity index (χ1) is 16.3. The van der Waals surface area contributed by atoms with Crippen molar-refractivity contribution >= 4 is 23.9 Å². The smallest absolute Gasteiger partial charge is 0.250 e. The summed E-state index contributed by atoms with van der Waals surface area (Å²) < 4.78 is 7.37. The zero-order valence-electron chi connectivity index (χ0n) is 20.4. The number of benzene rings is 1. The fourth-order valence-corrected chi connectivity index (χ4v) is 4.67. The van der Waals surface area contributed by atoms with Crippen molar-refractivity contribution in [3.05, 3.63) is 75.2 Å². The first-order valence-electron chi connectivity index (χ1n) is 10.9. The summed E-state index contributed by atoms with van der Waals surface area (Å²) in [5, 5.41) is 14.2. The van der Waals surface area contributed by atoms with Gasteiger partial charge in [-0.3, -0.25) is 4.79 Å². The van der Waals surface area contributed by atoms with E-state index in [9.17, 15) is 10.1 Å². The second-order valence-electron chi connectivity index (χ2n) is 8.11. The number of thioether (sulfide) groups is 1. The van der Waals surface area contributed by atoms with Gasteiger partial charge in [-0.15, -0.1) is 0 Å². The first kappa shape index (κ1) is 25.2. The molecule has 34 heavy (non-hydrogen) atoms. The molecular formula is C26H29N5O2S. The van der Waals surface area contributed by atoms with E-state index in [1.54, 1.807) is 13.3 Å². The zero-order chi connectivity index (χ0) is 24.8. The second kappa shape index (κ2) is 11.1. The first-order valence-corrected chi connectivity index (χ1v) is 11.8. The number of hydrogen-bond acceptors (Lipinski definition) is 6. The van der Waals surface area contributed by atoms with E-state index in [2.05, 4.69) is 71.2 Å². The Labute approximate surface area is 204 Å². The Morgan fingerprint density at radius 3 is 2.74 bits per heavy atom. The van der Waals surface area contributed by atoms with Crippen LogP contribution in [0.15, 0.2) is 40.5 Å². The molecule has 1 N–H and O–H groups in total. The average molecular weight is 476 g/mol. The van der Waals surface area contributed by atoms with E-state index in [0.29, 0.717) is 17.2 Å². The van der Waals surface area contributed by atoms with E-state index >= 15 is 0 Å². The highest BCUT2D eigenvalue weighted by molar-refractivity contribution is 8.00. The minimum Gasteiger partial charge on any atom is -0.380 e. The molecule has 0 radical (unpaired) electrons. The Balaban J connectivity index is 1.69. The summed E-state index contributed by atoms with van der Waals surface area (Å²) >= 11 is 1.21. The van der Waals surface area contributed by atoms with Crippen LogP contribution < -0.4 is 5.43 Å². The summed E-state index contributed by atoms with van der Waals surface area (Å²) in [6.45, 7) is 10.5. The highest BCUT2D eigenvalue weighted by atomic mass is 32.2. The molecule has 0 spiro atoms. The van der Waals surface area contributed by atoms with Gasteiger partial charge in [0.25, 0.3) is 0 Å². The molecule has 8 heteroatoms. The maximum absolute atomic E-state index is 12.4. The van der Waals surface area contributed by atoms with Gasteiger partial charge in [-0.1, -0.05) is 23.9 Å². The van der Waals surface area contributed by atoms with Gasteiger partial charge in [-0.05, 0) is 69.5 Å². The average Bonchev–Trinajstić information content (AvgIpc) is 3.07. The SMILES string of the molecule is COCc1cc(C)nc(SCC(=O)N/N=C\c2cc(C)n(-c3cccc(C)c3C)c2C)c1C#N. The van der Waals surface area contributed by atoms with Gasteiger partial charge < -0.3 is 9.30 Å². The van der Waals surface area contributed by atoms with Crippen molar-refractivity contribution in [1.82, 2.24) is 15.0 Å². The van der Waals surface area contributed by atoms with Crippen LogP contribution in [0.1, 0.15) is 44.9 Å². The topological polar surface area (TPSA) is 92.3 Å². The monoisotopic (exact) mass is 475 g/mol. The van der Waals surface area contributed by atoms with Gasteiger partial charge in [0.2, 0.25) is 5.91 Å². The van der Waals surface area contributed by atoms with E-state index in [-0.39, 0.29) is 11.7 Å². The van der Waals surface area contributed by atoms with Crippen molar-refractivity contribution in [2.75, 3.05) is 12.9 Å². The number of amides is 1. The molecule has 7 nitrogen and oxygen atoms in total. The van der Waals surface area contributed by atoms with Gasteiger partial charge in [0, 0.05) is 35.4 Å². The number of nitriles is 1. The molecule has 3 aromatic rings. The molecule has 2 heterocycles. The quantitative estimate of drug-likeness (QED) is 0.290. The summed E-state index contributed by atoms with van der Waals surface area (Å²) in [6.07, 6.45) is 1.66. The predicted molar refractivity (Wildman–Crippen MR) is 136 cm³/mol. The number of nitrogens with zero attached hydrogens (tertiary/aromatic N) is 4. The normalized spacial score (nSPS) is 11.1. The van der Waals surface area contributed by atoms with Crippen LogP contribution in [0, 0.1) is 45.9 Å². The van der Waals surface area contributed by atoms with Crippen LogP contribution in [0.4, 0.5) is 0 Å². The molecule has 0 fully saturated rings. The van der Waals surface area contributed by atoms with Crippen molar-refractivity contribution in [2.24, 2.45) is 5.10 Å². The Hall–Kier alpha value is -3.41. The molecule has 2 aromatic heterocycles. The molecular weight excluding hydrogens is 446 g/mol. The molecule has 3 rings (SSSR count). The lowest BCUT2D eigenvalue weighted by Gasteiger charge is -2.14. The molecule has 0 saturated heterocycles. The lowest BCUT2D eigenvalue weighted by atomic mass is 10.1. The van der Waals surface area contributed by atoms with Crippen molar-refractivity contribution in [3.63, 3.8) is 0 Å². The third-order valence-corrected chi connectivity index (χ3v) is 6.60. The van der Waals surface area contributed by atoms with Crippen molar-refractivity contribution in [1.29, 1.82) is 5.26 Å². The van der Waals surface area contributed by atoms with Gasteiger partial charge in [-0.2, -0.15) is 10.4 Å². The Kier molecular flexibility index (Phi) is 8.26. The molecule has 176 valence electrons. The molecule has 1 amide bonds. The van der Waals surface area contributed by atoms with Gasteiger partial charge >= 0.3 is 0 Å². The Morgan fingerprint density at radius 2 is 2.03 bits per heavy atom.